The highest BCUT2D eigenvalue weighted by Crippen LogP contribution is 2.15. The second kappa shape index (κ2) is 4.23. The fourth-order valence-electron chi connectivity index (χ4n) is 1.52. The van der Waals surface area contributed by atoms with E-state index in [1.54, 1.807) is 12.4 Å². The minimum absolute atomic E-state index is 0.140. The van der Waals surface area contributed by atoms with Crippen LogP contribution in [0.15, 0.2) is 30.6 Å². The highest BCUT2D eigenvalue weighted by atomic mass is 16.3. The van der Waals surface area contributed by atoms with E-state index in [1.807, 2.05) is 29.8 Å². The maximum Gasteiger partial charge on any atom is 0.158 e. The first-order valence-corrected chi connectivity index (χ1v) is 4.86. The molecular weight excluding hydrogens is 190 g/mol. The monoisotopic (exact) mass is 203 g/mol. The molecule has 0 aliphatic heterocycles. The highest BCUT2D eigenvalue weighted by Gasteiger charge is 2.08. The first-order chi connectivity index (χ1) is 7.33. The Morgan fingerprint density at radius 3 is 2.87 bits per heavy atom. The SMILES string of the molecule is Cn1c(CCO)cnc1-c1ccccn1. The molecule has 0 aliphatic carbocycles. The van der Waals surface area contributed by atoms with E-state index in [4.69, 9.17) is 5.11 Å². The van der Waals surface area contributed by atoms with Gasteiger partial charge < -0.3 is 9.67 Å². The van der Waals surface area contributed by atoms with Gasteiger partial charge in [-0.25, -0.2) is 4.98 Å². The number of hydrogen-bond donors (Lipinski definition) is 1. The minimum Gasteiger partial charge on any atom is -0.396 e. The number of imidazole rings is 1. The fraction of sp³-hybridized carbons (Fsp3) is 0.273. The van der Waals surface area contributed by atoms with Crippen LogP contribution in [0.5, 0.6) is 0 Å². The fourth-order valence-corrected chi connectivity index (χ4v) is 1.52. The Bertz CT molecular complexity index is 436. The molecule has 2 aromatic heterocycles. The third-order valence-corrected chi connectivity index (χ3v) is 2.35. The average molecular weight is 203 g/mol. The topological polar surface area (TPSA) is 50.9 Å². The van der Waals surface area contributed by atoms with Gasteiger partial charge in [0, 0.05) is 38.2 Å². The highest BCUT2D eigenvalue weighted by molar-refractivity contribution is 5.49. The lowest BCUT2D eigenvalue weighted by atomic mass is 10.3. The Hall–Kier alpha value is -1.68. The van der Waals surface area contributed by atoms with E-state index in [1.165, 1.54) is 0 Å². The maximum absolute atomic E-state index is 8.87. The second-order valence-electron chi connectivity index (χ2n) is 3.32. The van der Waals surface area contributed by atoms with Crippen molar-refractivity contribution in [2.24, 2.45) is 7.05 Å². The van der Waals surface area contributed by atoms with Crippen molar-refractivity contribution in [2.75, 3.05) is 6.61 Å². The largest absolute Gasteiger partial charge is 0.396 e. The van der Waals surface area contributed by atoms with Gasteiger partial charge in [-0.3, -0.25) is 4.98 Å². The van der Waals surface area contributed by atoms with E-state index < -0.39 is 0 Å². The molecule has 0 fully saturated rings. The smallest absolute Gasteiger partial charge is 0.158 e. The van der Waals surface area contributed by atoms with E-state index in [-0.39, 0.29) is 6.61 Å². The number of aromatic nitrogens is 3. The molecule has 4 heteroatoms. The molecule has 0 unspecified atom stereocenters. The van der Waals surface area contributed by atoms with E-state index >= 15 is 0 Å². The Balaban J connectivity index is 2.38. The normalized spacial score (nSPS) is 10.5. The molecule has 0 atom stereocenters. The van der Waals surface area contributed by atoms with Crippen LogP contribution in [0.2, 0.25) is 0 Å². The lowest BCUT2D eigenvalue weighted by molar-refractivity contribution is 0.297. The summed E-state index contributed by atoms with van der Waals surface area (Å²) in [4.78, 5) is 8.53. The summed E-state index contributed by atoms with van der Waals surface area (Å²) in [7, 11) is 1.93. The molecule has 78 valence electrons. The number of aliphatic hydroxyl groups is 1. The van der Waals surface area contributed by atoms with Crippen LogP contribution >= 0.6 is 0 Å². The van der Waals surface area contributed by atoms with Gasteiger partial charge in [-0.1, -0.05) is 6.07 Å². The van der Waals surface area contributed by atoms with Gasteiger partial charge in [-0.2, -0.15) is 0 Å². The molecule has 1 N–H and O–H groups in total. The van der Waals surface area contributed by atoms with Crippen molar-refractivity contribution in [3.63, 3.8) is 0 Å². The third-order valence-electron chi connectivity index (χ3n) is 2.35. The van der Waals surface area contributed by atoms with Crippen molar-refractivity contribution in [2.45, 2.75) is 6.42 Å². The quantitative estimate of drug-likeness (QED) is 0.810. The number of hydrogen-bond acceptors (Lipinski definition) is 3. The molecule has 15 heavy (non-hydrogen) atoms. The predicted octanol–water partition coefficient (Wildman–Crippen LogP) is 1.02. The van der Waals surface area contributed by atoms with Crippen LogP contribution in [0.4, 0.5) is 0 Å². The Labute approximate surface area is 88.2 Å². The van der Waals surface area contributed by atoms with Crippen LogP contribution in [0.1, 0.15) is 5.69 Å². The molecule has 2 aromatic rings. The number of aliphatic hydroxyl groups excluding tert-OH is 1. The summed E-state index contributed by atoms with van der Waals surface area (Å²) in [6.45, 7) is 0.140. The Morgan fingerprint density at radius 2 is 2.20 bits per heavy atom. The molecule has 0 radical (unpaired) electrons. The number of rotatable bonds is 3. The zero-order valence-electron chi connectivity index (χ0n) is 8.59. The molecule has 0 aliphatic rings. The molecule has 0 saturated carbocycles. The summed E-state index contributed by atoms with van der Waals surface area (Å²) in [6.07, 6.45) is 4.15. The molecule has 2 heterocycles. The van der Waals surface area contributed by atoms with E-state index in [9.17, 15) is 0 Å². The summed E-state index contributed by atoms with van der Waals surface area (Å²) >= 11 is 0. The zero-order chi connectivity index (χ0) is 10.7. The molecule has 0 spiro atoms. The van der Waals surface area contributed by atoms with Gasteiger partial charge in [-0.15, -0.1) is 0 Å². The van der Waals surface area contributed by atoms with Crippen LogP contribution in [0.25, 0.3) is 11.5 Å². The van der Waals surface area contributed by atoms with Crippen molar-refractivity contribution in [1.82, 2.24) is 14.5 Å². The van der Waals surface area contributed by atoms with Gasteiger partial charge in [0.05, 0.1) is 0 Å². The van der Waals surface area contributed by atoms with E-state index in [0.717, 1.165) is 17.2 Å². The van der Waals surface area contributed by atoms with Gasteiger partial charge in [-0.05, 0) is 12.1 Å². The van der Waals surface area contributed by atoms with Crippen molar-refractivity contribution < 1.29 is 5.11 Å². The van der Waals surface area contributed by atoms with Crippen LogP contribution in [0.3, 0.4) is 0 Å². The second-order valence-corrected chi connectivity index (χ2v) is 3.32. The summed E-state index contributed by atoms with van der Waals surface area (Å²) < 4.78 is 1.96. The van der Waals surface area contributed by atoms with Gasteiger partial charge in [0.25, 0.3) is 0 Å². The van der Waals surface area contributed by atoms with Crippen molar-refractivity contribution in [1.29, 1.82) is 0 Å². The van der Waals surface area contributed by atoms with Crippen molar-refractivity contribution in [3.05, 3.63) is 36.3 Å². The molecule has 2 rings (SSSR count). The van der Waals surface area contributed by atoms with E-state index in [0.29, 0.717) is 6.42 Å². The van der Waals surface area contributed by atoms with Gasteiger partial charge in [0.2, 0.25) is 0 Å². The Morgan fingerprint density at radius 1 is 1.33 bits per heavy atom. The van der Waals surface area contributed by atoms with E-state index in [2.05, 4.69) is 9.97 Å². The van der Waals surface area contributed by atoms with Crippen molar-refractivity contribution >= 4 is 0 Å². The minimum atomic E-state index is 0.140. The summed E-state index contributed by atoms with van der Waals surface area (Å²) in [5.41, 5.74) is 1.86. The molecule has 0 amide bonds. The first kappa shape index (κ1) is 9.86. The number of pyridine rings is 1. The molecule has 0 aromatic carbocycles. The van der Waals surface area contributed by atoms with Crippen LogP contribution in [-0.2, 0) is 13.5 Å². The first-order valence-electron chi connectivity index (χ1n) is 4.86. The summed E-state index contributed by atoms with van der Waals surface area (Å²) in [5, 5.41) is 8.87. The van der Waals surface area contributed by atoms with Crippen LogP contribution in [0, 0.1) is 0 Å². The molecule has 0 saturated heterocycles. The molecular formula is C11H13N3O. The summed E-state index contributed by atoms with van der Waals surface area (Å²) in [5.74, 6) is 0.832. The zero-order valence-corrected chi connectivity index (χ0v) is 8.59. The Kier molecular flexibility index (Phi) is 2.78. The van der Waals surface area contributed by atoms with Crippen molar-refractivity contribution in [3.8, 4) is 11.5 Å². The van der Waals surface area contributed by atoms with Gasteiger partial charge >= 0.3 is 0 Å². The lowest BCUT2D eigenvalue weighted by Gasteiger charge is -2.03. The maximum atomic E-state index is 8.87. The predicted molar refractivity (Wildman–Crippen MR) is 57.2 cm³/mol. The van der Waals surface area contributed by atoms with Gasteiger partial charge in [0.15, 0.2) is 5.82 Å². The van der Waals surface area contributed by atoms with Crippen LogP contribution in [-0.4, -0.2) is 26.2 Å². The molecule has 0 bridgehead atoms. The standard InChI is InChI=1S/C11H13N3O/c1-14-9(5-7-15)8-13-11(14)10-4-2-3-6-12-10/h2-4,6,8,15H,5,7H2,1H3. The molecule has 4 nitrogen and oxygen atoms in total. The number of nitrogens with zero attached hydrogens (tertiary/aromatic N) is 3. The average Bonchev–Trinajstić information content (AvgIpc) is 2.63. The summed E-state index contributed by atoms with van der Waals surface area (Å²) in [6, 6.07) is 5.73. The van der Waals surface area contributed by atoms with Gasteiger partial charge in [0.1, 0.15) is 5.69 Å². The third kappa shape index (κ3) is 1.89. The van der Waals surface area contributed by atoms with Crippen LogP contribution < -0.4 is 0 Å². The lowest BCUT2D eigenvalue weighted by Crippen LogP contribution is -2.01.